The molecule has 0 aliphatic rings. The van der Waals surface area contributed by atoms with Gasteiger partial charge in [0, 0.05) is 5.69 Å². The van der Waals surface area contributed by atoms with E-state index in [2.05, 4.69) is 10.3 Å². The molecule has 4 nitrogen and oxygen atoms in total. The number of carbonyl (C=O) groups is 1. The highest BCUT2D eigenvalue weighted by molar-refractivity contribution is 7.14. The molecule has 0 saturated carbocycles. The Kier molecular flexibility index (Phi) is 2.87. The maximum Gasteiger partial charge on any atom is 0.357 e. The molecule has 1 aromatic carbocycles. The number of nitrogens with one attached hydrogen (secondary N) is 1. The molecule has 0 aliphatic heterocycles. The lowest BCUT2D eigenvalue weighted by atomic mass is 10.2. The minimum Gasteiger partial charge on any atom is -0.476 e. The van der Waals surface area contributed by atoms with Crippen molar-refractivity contribution in [2.75, 3.05) is 5.32 Å². The number of hydrogen-bond acceptors (Lipinski definition) is 4. The van der Waals surface area contributed by atoms with Crippen LogP contribution in [0, 0.1) is 6.92 Å². The summed E-state index contributed by atoms with van der Waals surface area (Å²) < 4.78 is 0. The second-order valence-corrected chi connectivity index (χ2v) is 4.13. The summed E-state index contributed by atoms with van der Waals surface area (Å²) in [7, 11) is 0. The van der Waals surface area contributed by atoms with Crippen molar-refractivity contribution in [2.45, 2.75) is 6.92 Å². The summed E-state index contributed by atoms with van der Waals surface area (Å²) in [5.41, 5.74) is 3.54. The number of aromatic carboxylic acids is 1. The molecule has 2 N–H and O–H groups in total. The van der Waals surface area contributed by atoms with Crippen LogP contribution >= 0.6 is 11.3 Å². The minimum atomic E-state index is -1.02. The third kappa shape index (κ3) is 2.04. The van der Waals surface area contributed by atoms with Gasteiger partial charge in [0.05, 0.1) is 5.51 Å². The lowest BCUT2D eigenvalue weighted by molar-refractivity contribution is 0.0692. The summed E-state index contributed by atoms with van der Waals surface area (Å²) in [5.74, 6) is -1.02. The van der Waals surface area contributed by atoms with Gasteiger partial charge in [0.1, 0.15) is 5.00 Å². The van der Waals surface area contributed by atoms with E-state index in [-0.39, 0.29) is 5.69 Å². The summed E-state index contributed by atoms with van der Waals surface area (Å²) in [6, 6.07) is 7.70. The van der Waals surface area contributed by atoms with Crippen molar-refractivity contribution in [3.63, 3.8) is 0 Å². The molecule has 0 saturated heterocycles. The van der Waals surface area contributed by atoms with Crippen molar-refractivity contribution in [3.05, 3.63) is 41.0 Å². The Hall–Kier alpha value is -1.88. The first-order valence-corrected chi connectivity index (χ1v) is 5.56. The van der Waals surface area contributed by atoms with E-state index in [1.54, 1.807) is 0 Å². The molecule has 2 rings (SSSR count). The maximum absolute atomic E-state index is 10.9. The van der Waals surface area contributed by atoms with Crippen LogP contribution in [-0.2, 0) is 0 Å². The molecule has 0 radical (unpaired) electrons. The van der Waals surface area contributed by atoms with Crippen molar-refractivity contribution in [1.29, 1.82) is 0 Å². The number of rotatable bonds is 3. The van der Waals surface area contributed by atoms with Crippen LogP contribution in [-0.4, -0.2) is 16.1 Å². The van der Waals surface area contributed by atoms with Gasteiger partial charge in [-0.3, -0.25) is 0 Å². The highest BCUT2D eigenvalue weighted by atomic mass is 32.1. The van der Waals surface area contributed by atoms with Crippen LogP contribution in [0.1, 0.15) is 16.1 Å². The number of para-hydroxylation sites is 1. The van der Waals surface area contributed by atoms with Gasteiger partial charge in [-0.25, -0.2) is 9.78 Å². The van der Waals surface area contributed by atoms with E-state index in [0.29, 0.717) is 5.00 Å². The number of nitrogens with zero attached hydrogens (tertiary/aromatic N) is 1. The second-order valence-electron chi connectivity index (χ2n) is 3.28. The predicted molar refractivity (Wildman–Crippen MR) is 63.5 cm³/mol. The number of carboxylic acids is 1. The number of anilines is 2. The van der Waals surface area contributed by atoms with Crippen molar-refractivity contribution in [3.8, 4) is 0 Å². The maximum atomic E-state index is 10.9. The number of aromatic nitrogens is 1. The zero-order valence-corrected chi connectivity index (χ0v) is 9.41. The van der Waals surface area contributed by atoms with Gasteiger partial charge in [-0.05, 0) is 18.6 Å². The van der Waals surface area contributed by atoms with Gasteiger partial charge >= 0.3 is 5.97 Å². The van der Waals surface area contributed by atoms with E-state index in [0.717, 1.165) is 11.3 Å². The topological polar surface area (TPSA) is 62.2 Å². The van der Waals surface area contributed by atoms with Crippen LogP contribution in [0.3, 0.4) is 0 Å². The van der Waals surface area contributed by atoms with Crippen LogP contribution in [0.4, 0.5) is 10.7 Å². The highest BCUT2D eigenvalue weighted by Gasteiger charge is 2.13. The Morgan fingerprint density at radius 1 is 1.44 bits per heavy atom. The number of carboxylic acid groups (broad SMARTS) is 1. The van der Waals surface area contributed by atoms with E-state index in [9.17, 15) is 4.79 Å². The normalized spacial score (nSPS) is 10.1. The lowest BCUT2D eigenvalue weighted by Crippen LogP contribution is -2.01. The van der Waals surface area contributed by atoms with Gasteiger partial charge in [-0.2, -0.15) is 0 Å². The summed E-state index contributed by atoms with van der Waals surface area (Å²) >= 11 is 1.28. The zero-order chi connectivity index (χ0) is 11.5. The smallest absolute Gasteiger partial charge is 0.357 e. The van der Waals surface area contributed by atoms with Crippen molar-refractivity contribution in [1.82, 2.24) is 4.98 Å². The van der Waals surface area contributed by atoms with Gasteiger partial charge < -0.3 is 10.4 Å². The third-order valence-corrected chi connectivity index (χ3v) is 2.91. The molecule has 0 unspecified atom stereocenters. The first-order valence-electron chi connectivity index (χ1n) is 4.68. The highest BCUT2D eigenvalue weighted by Crippen LogP contribution is 2.26. The number of thiazole rings is 1. The Labute approximate surface area is 96.6 Å². The van der Waals surface area contributed by atoms with Gasteiger partial charge in [0.15, 0.2) is 5.69 Å². The lowest BCUT2D eigenvalue weighted by Gasteiger charge is -2.07. The van der Waals surface area contributed by atoms with Gasteiger partial charge in [-0.1, -0.05) is 18.2 Å². The fourth-order valence-electron chi connectivity index (χ4n) is 1.32. The van der Waals surface area contributed by atoms with E-state index in [4.69, 9.17) is 5.11 Å². The average molecular weight is 234 g/mol. The Bertz CT molecular complexity index is 522. The fourth-order valence-corrected chi connectivity index (χ4v) is 2.01. The molecule has 5 heteroatoms. The van der Waals surface area contributed by atoms with Crippen LogP contribution in [0.15, 0.2) is 29.8 Å². The zero-order valence-electron chi connectivity index (χ0n) is 8.60. The fraction of sp³-hybridized carbons (Fsp3) is 0.0909. The van der Waals surface area contributed by atoms with Crippen LogP contribution < -0.4 is 5.32 Å². The molecule has 1 heterocycles. The molecule has 0 atom stereocenters. The molecule has 0 aliphatic carbocycles. The molecule has 82 valence electrons. The molecule has 0 amide bonds. The molecule has 0 bridgehead atoms. The quantitative estimate of drug-likeness (QED) is 0.857. The first-order chi connectivity index (χ1) is 7.68. The minimum absolute atomic E-state index is 0.0632. The monoisotopic (exact) mass is 234 g/mol. The molecular weight excluding hydrogens is 224 g/mol. The molecule has 16 heavy (non-hydrogen) atoms. The first kappa shape index (κ1) is 10.6. The van der Waals surface area contributed by atoms with Gasteiger partial charge in [0.25, 0.3) is 0 Å². The van der Waals surface area contributed by atoms with Crippen LogP contribution in [0.2, 0.25) is 0 Å². The summed E-state index contributed by atoms with van der Waals surface area (Å²) in [6.45, 7) is 1.96. The molecule has 0 spiro atoms. The van der Waals surface area contributed by atoms with Gasteiger partial charge in [-0.15, -0.1) is 11.3 Å². The number of benzene rings is 1. The summed E-state index contributed by atoms with van der Waals surface area (Å²) in [6.07, 6.45) is 0. The summed E-state index contributed by atoms with van der Waals surface area (Å²) in [4.78, 5) is 14.7. The van der Waals surface area contributed by atoms with Crippen LogP contribution in [0.25, 0.3) is 0 Å². The van der Waals surface area contributed by atoms with E-state index in [1.807, 2.05) is 31.2 Å². The van der Waals surface area contributed by atoms with Crippen LogP contribution in [0.5, 0.6) is 0 Å². The molecule has 0 fully saturated rings. The Morgan fingerprint density at radius 2 is 2.19 bits per heavy atom. The Balaban J connectivity index is 2.31. The van der Waals surface area contributed by atoms with E-state index < -0.39 is 5.97 Å². The SMILES string of the molecule is Cc1ccccc1Nc1scnc1C(=O)O. The van der Waals surface area contributed by atoms with E-state index >= 15 is 0 Å². The van der Waals surface area contributed by atoms with Crippen molar-refractivity contribution in [2.24, 2.45) is 0 Å². The van der Waals surface area contributed by atoms with Crippen molar-refractivity contribution >= 4 is 28.0 Å². The van der Waals surface area contributed by atoms with E-state index in [1.165, 1.54) is 16.8 Å². The second kappa shape index (κ2) is 4.32. The Morgan fingerprint density at radius 3 is 2.88 bits per heavy atom. The molecular formula is C11H10N2O2S. The number of aryl methyl sites for hydroxylation is 1. The predicted octanol–water partition coefficient (Wildman–Crippen LogP) is 2.89. The average Bonchev–Trinajstić information content (AvgIpc) is 2.69. The molecule has 2 aromatic rings. The van der Waals surface area contributed by atoms with Crippen molar-refractivity contribution < 1.29 is 9.90 Å². The van der Waals surface area contributed by atoms with Gasteiger partial charge in [0.2, 0.25) is 0 Å². The number of hydrogen-bond donors (Lipinski definition) is 2. The molecule has 1 aromatic heterocycles. The summed E-state index contributed by atoms with van der Waals surface area (Å²) in [5, 5.41) is 12.5. The third-order valence-electron chi connectivity index (χ3n) is 2.16. The standard InChI is InChI=1S/C11H10N2O2S/c1-7-4-2-3-5-8(7)13-10-9(11(14)15)12-6-16-10/h2-6,13H,1H3,(H,14,15). The largest absolute Gasteiger partial charge is 0.476 e.